The third-order valence-corrected chi connectivity index (χ3v) is 10.0. The van der Waals surface area contributed by atoms with E-state index >= 15 is 0 Å². The molecule has 3 aliphatic heterocycles. The van der Waals surface area contributed by atoms with Crippen molar-refractivity contribution in [2.24, 2.45) is 0 Å². The van der Waals surface area contributed by atoms with E-state index in [4.69, 9.17) is 39.0 Å². The highest BCUT2D eigenvalue weighted by Gasteiger charge is 2.52. The molecule has 3 aliphatic rings. The van der Waals surface area contributed by atoms with Crippen LogP contribution >= 0.6 is 15.4 Å². The molecule has 0 saturated carbocycles. The summed E-state index contributed by atoms with van der Waals surface area (Å²) in [5, 5.41) is 22.5. The molecular formula is C22H28N10O13P2. The number of aromatic amines is 2. The van der Waals surface area contributed by atoms with Crippen molar-refractivity contribution in [1.82, 2.24) is 39.0 Å². The van der Waals surface area contributed by atoms with Gasteiger partial charge in [0.25, 0.3) is 11.1 Å². The molecule has 3 saturated heterocycles. The molecule has 254 valence electrons. The second kappa shape index (κ2) is 11.5. The molecule has 0 spiro atoms. The van der Waals surface area contributed by atoms with Crippen LogP contribution in [0.25, 0.3) is 22.3 Å². The largest absolute Gasteiger partial charge is 0.472 e. The lowest BCUT2D eigenvalue weighted by Crippen LogP contribution is -2.36. The number of H-pyrrole nitrogens is 2. The summed E-state index contributed by atoms with van der Waals surface area (Å²) < 4.78 is 62.8. The normalized spacial score (nSPS) is 36.9. The molecule has 9 N–H and O–H groups in total. The van der Waals surface area contributed by atoms with Crippen molar-refractivity contribution in [1.29, 1.82) is 0 Å². The zero-order chi connectivity index (χ0) is 33.4. The molecule has 23 nitrogen and oxygen atoms in total. The number of phosphoric acid groups is 1. The van der Waals surface area contributed by atoms with Crippen LogP contribution in [-0.4, -0.2) is 111 Å². The number of aliphatic hydroxyl groups excluding tert-OH is 2. The highest BCUT2D eigenvalue weighted by molar-refractivity contribution is 7.53. The molecule has 0 amide bonds. The Hall–Kier alpha value is -3.60. The number of rotatable bonds is 2. The van der Waals surface area contributed by atoms with E-state index in [1.807, 2.05) is 0 Å². The van der Waals surface area contributed by atoms with Gasteiger partial charge in [-0.3, -0.25) is 46.8 Å². The third-order valence-electron chi connectivity index (χ3n) is 7.77. The maximum absolute atomic E-state index is 13.4. The highest BCUT2D eigenvalue weighted by atomic mass is 31.2. The quantitative estimate of drug-likeness (QED) is 0.112. The van der Waals surface area contributed by atoms with Gasteiger partial charge in [0.1, 0.15) is 30.5 Å². The maximum Gasteiger partial charge on any atom is 0.472 e. The lowest BCUT2D eigenvalue weighted by atomic mass is 10.1. The minimum atomic E-state index is -5.04. The van der Waals surface area contributed by atoms with Crippen LogP contribution in [0.3, 0.4) is 0 Å². The summed E-state index contributed by atoms with van der Waals surface area (Å²) in [4.78, 5) is 55.9. The SMILES string of the molecule is CP1(=O)OCC[C@H]2O[C@@H](n3cnc4c(=O)[nH]c(N)nc43)[C@@H](O)C2OP(=O)(O)OC[C@@H]2O[C@@H](n3cnc4c(=O)[nH]c(N)nc43)[C@@H](O)C2O1. The first kappa shape index (κ1) is 32.0. The van der Waals surface area contributed by atoms with Gasteiger partial charge in [-0.15, -0.1) is 0 Å². The molecule has 0 radical (unpaired) electrons. The number of phosphoric ester groups is 1. The Labute approximate surface area is 260 Å². The van der Waals surface area contributed by atoms with Gasteiger partial charge in [0, 0.05) is 13.1 Å². The number of nitrogens with zero attached hydrogens (tertiary/aromatic N) is 6. The minimum Gasteiger partial charge on any atom is -0.386 e. The predicted octanol–water partition coefficient (Wildman–Crippen LogP) is -1.94. The van der Waals surface area contributed by atoms with Crippen LogP contribution in [0.5, 0.6) is 0 Å². The number of nitrogens with two attached hydrogens (primary N) is 2. The number of ether oxygens (including phenoxy) is 2. The number of nitrogens with one attached hydrogen (secondary N) is 2. The first-order valence-corrected chi connectivity index (χ1v) is 17.4. The summed E-state index contributed by atoms with van der Waals surface area (Å²) in [6.45, 7) is 0.0484. The summed E-state index contributed by atoms with van der Waals surface area (Å²) in [6, 6.07) is 0. The van der Waals surface area contributed by atoms with Gasteiger partial charge in [-0.25, -0.2) is 14.5 Å². The number of fused-ring (bicyclic) bond motifs is 4. The molecule has 7 rings (SSSR count). The zero-order valence-corrected chi connectivity index (χ0v) is 25.8. The van der Waals surface area contributed by atoms with E-state index in [9.17, 15) is 33.8 Å². The summed E-state index contributed by atoms with van der Waals surface area (Å²) in [5.41, 5.74) is 9.72. The fraction of sp³-hybridized carbons (Fsp3) is 0.545. The van der Waals surface area contributed by atoms with E-state index in [0.29, 0.717) is 0 Å². The summed E-state index contributed by atoms with van der Waals surface area (Å²) >= 11 is 0. The van der Waals surface area contributed by atoms with Gasteiger partial charge in [0.15, 0.2) is 34.8 Å². The van der Waals surface area contributed by atoms with Crippen LogP contribution in [0.15, 0.2) is 22.2 Å². The maximum atomic E-state index is 13.4. The second-order valence-corrected chi connectivity index (χ2v) is 14.4. The average Bonchev–Trinajstić information content (AvgIpc) is 3.73. The van der Waals surface area contributed by atoms with Crippen molar-refractivity contribution in [2.75, 3.05) is 31.3 Å². The third kappa shape index (κ3) is 5.78. The number of aromatic nitrogens is 8. The minimum absolute atomic E-state index is 0.0408. The van der Waals surface area contributed by atoms with Gasteiger partial charge >= 0.3 is 15.4 Å². The Morgan fingerprint density at radius 3 is 1.91 bits per heavy atom. The molecule has 0 aromatic carbocycles. The molecule has 4 aromatic rings. The van der Waals surface area contributed by atoms with Crippen LogP contribution < -0.4 is 22.6 Å². The molecule has 4 aromatic heterocycles. The van der Waals surface area contributed by atoms with Gasteiger partial charge < -0.3 is 40.6 Å². The number of hydrogen-bond donors (Lipinski definition) is 7. The highest BCUT2D eigenvalue weighted by Crippen LogP contribution is 2.53. The zero-order valence-electron chi connectivity index (χ0n) is 24.1. The molecule has 3 fully saturated rings. The van der Waals surface area contributed by atoms with Gasteiger partial charge in [-0.2, -0.15) is 9.97 Å². The van der Waals surface area contributed by atoms with Gasteiger partial charge in [-0.1, -0.05) is 0 Å². The van der Waals surface area contributed by atoms with Crippen molar-refractivity contribution in [3.8, 4) is 0 Å². The number of hydrogen-bond acceptors (Lipinski definition) is 18. The molecule has 7 heterocycles. The molecule has 10 atom stereocenters. The lowest BCUT2D eigenvalue weighted by Gasteiger charge is -2.25. The molecular weight excluding hydrogens is 674 g/mol. The van der Waals surface area contributed by atoms with E-state index in [-0.39, 0.29) is 47.3 Å². The fourth-order valence-corrected chi connectivity index (χ4v) is 7.89. The number of aliphatic hydroxyl groups is 2. The molecule has 4 unspecified atom stereocenters. The van der Waals surface area contributed by atoms with Gasteiger partial charge in [0.05, 0.1) is 32.0 Å². The van der Waals surface area contributed by atoms with Gasteiger partial charge in [0.2, 0.25) is 11.9 Å². The molecule has 0 aliphatic carbocycles. The first-order valence-electron chi connectivity index (χ1n) is 13.9. The van der Waals surface area contributed by atoms with Crippen LogP contribution in [0.4, 0.5) is 11.9 Å². The van der Waals surface area contributed by atoms with Crippen molar-refractivity contribution < 1.29 is 51.8 Å². The van der Waals surface area contributed by atoms with E-state index in [0.717, 1.165) is 13.0 Å². The standard InChI is InChI=1S/C22H28N10O13P2/c1-46(37)40-3-2-7-13(11(33)19(42-7)31-5-25-9-15(31)27-21(23)29-17(9)35)45-47(38,39)41-4-8-14(44-46)12(34)20(43-8)32-6-26-10-16(32)28-22(24)30-18(10)36/h5-8,11-14,19-20,33-34H,2-4H2,1H3,(H,38,39)(H3,23,27,29,35)(H3,24,28,30,36)/t7-,8+,11+,12+,13?,14?,19-,20-,46?/m1/s1. The van der Waals surface area contributed by atoms with Crippen molar-refractivity contribution in [3.63, 3.8) is 0 Å². The Bertz CT molecular complexity index is 2070. The van der Waals surface area contributed by atoms with Crippen molar-refractivity contribution >= 4 is 49.6 Å². The Morgan fingerprint density at radius 2 is 1.36 bits per heavy atom. The number of imidazole rings is 2. The van der Waals surface area contributed by atoms with Crippen molar-refractivity contribution in [2.45, 2.75) is 55.5 Å². The van der Waals surface area contributed by atoms with Gasteiger partial charge in [-0.05, 0) is 0 Å². The van der Waals surface area contributed by atoms with Crippen molar-refractivity contribution in [3.05, 3.63) is 33.4 Å². The first-order chi connectivity index (χ1) is 22.2. The van der Waals surface area contributed by atoms with E-state index < -0.39 is 82.2 Å². The van der Waals surface area contributed by atoms with Crippen LogP contribution in [0.1, 0.15) is 18.9 Å². The molecule has 25 heteroatoms. The molecule has 0 bridgehead atoms. The van der Waals surface area contributed by atoms with E-state index in [2.05, 4.69) is 29.9 Å². The Kier molecular flexibility index (Phi) is 7.84. The Morgan fingerprint density at radius 1 is 0.851 bits per heavy atom. The van der Waals surface area contributed by atoms with Crippen LogP contribution in [0.2, 0.25) is 0 Å². The summed E-state index contributed by atoms with van der Waals surface area (Å²) in [7, 11) is -9.03. The molecule has 47 heavy (non-hydrogen) atoms. The second-order valence-electron chi connectivity index (χ2n) is 11.0. The van der Waals surface area contributed by atoms with Crippen LogP contribution in [0, 0.1) is 0 Å². The fourth-order valence-electron chi connectivity index (χ4n) is 5.72. The number of nitrogen functional groups attached to an aromatic ring is 2. The topological polar surface area (TPSA) is 329 Å². The smallest absolute Gasteiger partial charge is 0.386 e. The predicted molar refractivity (Wildman–Crippen MR) is 155 cm³/mol. The van der Waals surface area contributed by atoms with E-state index in [1.54, 1.807) is 0 Å². The number of anilines is 2. The summed E-state index contributed by atoms with van der Waals surface area (Å²) in [6.07, 6.45) is -9.31. The summed E-state index contributed by atoms with van der Waals surface area (Å²) in [5.74, 6) is -0.469. The lowest BCUT2D eigenvalue weighted by molar-refractivity contribution is -0.0545. The monoisotopic (exact) mass is 702 g/mol. The Balaban J connectivity index is 1.17. The van der Waals surface area contributed by atoms with E-state index in [1.165, 1.54) is 15.5 Å². The van der Waals surface area contributed by atoms with Crippen LogP contribution in [-0.2, 0) is 36.7 Å². The average molecular weight is 702 g/mol.